The summed E-state index contributed by atoms with van der Waals surface area (Å²) < 4.78 is 29.0. The molecule has 3 rings (SSSR count). The molecule has 1 atom stereocenters. The smallest absolute Gasteiger partial charge is 0.338 e. The van der Waals surface area contributed by atoms with E-state index in [1.165, 1.54) is 37.6 Å². The van der Waals surface area contributed by atoms with E-state index in [0.29, 0.717) is 22.6 Å². The molecule has 0 spiro atoms. The summed E-state index contributed by atoms with van der Waals surface area (Å²) in [5.74, 6) is -0.889. The molecule has 2 aromatic rings. The Morgan fingerprint density at radius 1 is 1.17 bits per heavy atom. The molecule has 1 aliphatic rings. The number of hydrogen-bond donors (Lipinski definition) is 3. The third-order valence-corrected chi connectivity index (χ3v) is 4.92. The van der Waals surface area contributed by atoms with Gasteiger partial charge in [-0.25, -0.2) is 19.4 Å². The Hall–Kier alpha value is -4.41. The average Bonchev–Trinajstić information content (AvgIpc) is 2.83. The predicted octanol–water partition coefficient (Wildman–Crippen LogP) is 2.55. The lowest BCUT2D eigenvalue weighted by molar-refractivity contribution is -0.139. The normalized spacial score (nSPS) is 15.3. The molecule has 0 unspecified atom stereocenters. The number of nitrogens with zero attached hydrogens (tertiary/aromatic N) is 1. The number of halogens is 1. The van der Waals surface area contributed by atoms with Gasteiger partial charge in [-0.3, -0.25) is 4.79 Å². The molecule has 1 aliphatic heterocycles. The Kier molecular flexibility index (Phi) is 8.38. The van der Waals surface area contributed by atoms with E-state index in [9.17, 15) is 18.8 Å². The Morgan fingerprint density at radius 2 is 1.91 bits per heavy atom. The minimum absolute atomic E-state index is 0.183. The molecule has 0 aliphatic carbocycles. The summed E-state index contributed by atoms with van der Waals surface area (Å²) in [6.07, 6.45) is 1.37. The van der Waals surface area contributed by atoms with Gasteiger partial charge in [-0.1, -0.05) is 18.2 Å². The molecule has 10 nitrogen and oxygen atoms in total. The van der Waals surface area contributed by atoms with Crippen LogP contribution in [0.4, 0.5) is 9.18 Å². The number of ether oxygens (including phenoxy) is 3. The van der Waals surface area contributed by atoms with Gasteiger partial charge in [0.1, 0.15) is 5.82 Å². The number of amides is 3. The molecule has 0 aromatic heterocycles. The lowest BCUT2D eigenvalue weighted by Crippen LogP contribution is -2.45. The SMILES string of the molecule is CCOC(=O)C1=C(C)NC(=O)N[C@@H]1c1ccc(OCC(=O)N/N=C\c2ccc(F)cc2)c(OC)c1. The zero-order valence-electron chi connectivity index (χ0n) is 19.4. The number of esters is 1. The first kappa shape index (κ1) is 25.2. The van der Waals surface area contributed by atoms with E-state index in [4.69, 9.17) is 14.2 Å². The molecule has 0 saturated heterocycles. The molecule has 184 valence electrons. The number of carbonyl (C=O) groups excluding carboxylic acids is 3. The van der Waals surface area contributed by atoms with Crippen molar-refractivity contribution in [2.45, 2.75) is 19.9 Å². The molecule has 35 heavy (non-hydrogen) atoms. The number of methoxy groups -OCH3 is 1. The van der Waals surface area contributed by atoms with E-state index in [2.05, 4.69) is 21.2 Å². The van der Waals surface area contributed by atoms with E-state index in [-0.39, 0.29) is 30.4 Å². The molecule has 3 amide bonds. The second kappa shape index (κ2) is 11.6. The molecule has 0 radical (unpaired) electrons. The first-order valence-corrected chi connectivity index (χ1v) is 10.7. The number of rotatable bonds is 9. The number of nitrogens with one attached hydrogen (secondary N) is 3. The molecule has 0 saturated carbocycles. The van der Waals surface area contributed by atoms with Crippen molar-refractivity contribution in [3.8, 4) is 11.5 Å². The van der Waals surface area contributed by atoms with Gasteiger partial charge in [0.15, 0.2) is 18.1 Å². The van der Waals surface area contributed by atoms with Crippen molar-refractivity contribution in [1.82, 2.24) is 16.1 Å². The van der Waals surface area contributed by atoms with E-state index in [1.807, 2.05) is 0 Å². The average molecular weight is 484 g/mol. The van der Waals surface area contributed by atoms with Crippen molar-refractivity contribution < 1.29 is 33.0 Å². The molecule has 0 bridgehead atoms. The van der Waals surface area contributed by atoms with Crippen LogP contribution >= 0.6 is 0 Å². The molecule has 2 aromatic carbocycles. The summed E-state index contributed by atoms with van der Waals surface area (Å²) >= 11 is 0. The monoisotopic (exact) mass is 484 g/mol. The lowest BCUT2D eigenvalue weighted by Gasteiger charge is -2.28. The van der Waals surface area contributed by atoms with Gasteiger partial charge in [0.25, 0.3) is 5.91 Å². The van der Waals surface area contributed by atoms with Gasteiger partial charge >= 0.3 is 12.0 Å². The molecular weight excluding hydrogens is 459 g/mol. The fourth-order valence-corrected chi connectivity index (χ4v) is 3.31. The quantitative estimate of drug-likeness (QED) is 0.285. The van der Waals surface area contributed by atoms with Gasteiger partial charge in [0.05, 0.1) is 31.5 Å². The van der Waals surface area contributed by atoms with Crippen LogP contribution in [0.5, 0.6) is 11.5 Å². The van der Waals surface area contributed by atoms with Crippen molar-refractivity contribution in [3.05, 3.63) is 70.7 Å². The van der Waals surface area contributed by atoms with Crippen molar-refractivity contribution in [1.29, 1.82) is 0 Å². The minimum Gasteiger partial charge on any atom is -0.493 e. The van der Waals surface area contributed by atoms with Crippen LogP contribution in [0.25, 0.3) is 0 Å². The summed E-state index contributed by atoms with van der Waals surface area (Å²) in [5, 5.41) is 9.08. The van der Waals surface area contributed by atoms with Gasteiger partial charge in [-0.15, -0.1) is 0 Å². The largest absolute Gasteiger partial charge is 0.493 e. The molecule has 1 heterocycles. The Morgan fingerprint density at radius 3 is 2.60 bits per heavy atom. The lowest BCUT2D eigenvalue weighted by atomic mass is 9.95. The van der Waals surface area contributed by atoms with Gasteiger partial charge < -0.3 is 24.8 Å². The number of hydrogen-bond acceptors (Lipinski definition) is 7. The van der Waals surface area contributed by atoms with Crippen LogP contribution in [-0.2, 0) is 14.3 Å². The van der Waals surface area contributed by atoms with E-state index >= 15 is 0 Å². The number of urea groups is 1. The molecule has 11 heteroatoms. The maximum Gasteiger partial charge on any atom is 0.338 e. The highest BCUT2D eigenvalue weighted by atomic mass is 19.1. The van der Waals surface area contributed by atoms with Crippen LogP contribution in [0.2, 0.25) is 0 Å². The first-order valence-electron chi connectivity index (χ1n) is 10.7. The van der Waals surface area contributed by atoms with E-state index < -0.39 is 23.9 Å². The summed E-state index contributed by atoms with van der Waals surface area (Å²) in [7, 11) is 1.42. The first-order chi connectivity index (χ1) is 16.8. The van der Waals surface area contributed by atoms with Gasteiger partial charge in [0.2, 0.25) is 0 Å². The van der Waals surface area contributed by atoms with Crippen LogP contribution in [-0.4, -0.2) is 44.4 Å². The topological polar surface area (TPSA) is 127 Å². The Labute approximate surface area is 201 Å². The zero-order valence-corrected chi connectivity index (χ0v) is 19.4. The van der Waals surface area contributed by atoms with Crippen LogP contribution < -0.4 is 25.5 Å². The Bertz CT molecular complexity index is 1160. The maximum atomic E-state index is 12.9. The van der Waals surface area contributed by atoms with Crippen molar-refractivity contribution in [2.24, 2.45) is 5.10 Å². The summed E-state index contributed by atoms with van der Waals surface area (Å²) in [5.41, 5.74) is 4.13. The fraction of sp³-hybridized carbons (Fsp3) is 0.250. The zero-order chi connectivity index (χ0) is 25.4. The predicted molar refractivity (Wildman–Crippen MR) is 124 cm³/mol. The van der Waals surface area contributed by atoms with E-state index in [1.54, 1.807) is 32.0 Å². The molecule has 0 fully saturated rings. The fourth-order valence-electron chi connectivity index (χ4n) is 3.31. The van der Waals surface area contributed by atoms with Gasteiger partial charge in [-0.2, -0.15) is 5.10 Å². The third kappa shape index (κ3) is 6.56. The number of hydrazone groups is 1. The number of carbonyl (C=O) groups is 3. The van der Waals surface area contributed by atoms with Crippen LogP contribution in [0.1, 0.15) is 31.0 Å². The van der Waals surface area contributed by atoms with Crippen molar-refractivity contribution in [3.63, 3.8) is 0 Å². The summed E-state index contributed by atoms with van der Waals surface area (Å²) in [4.78, 5) is 36.6. The second-order valence-corrected chi connectivity index (χ2v) is 7.33. The van der Waals surface area contributed by atoms with Crippen LogP contribution in [0, 0.1) is 5.82 Å². The van der Waals surface area contributed by atoms with E-state index in [0.717, 1.165) is 0 Å². The van der Waals surface area contributed by atoms with Crippen LogP contribution in [0.3, 0.4) is 0 Å². The van der Waals surface area contributed by atoms with Gasteiger partial charge in [0, 0.05) is 5.70 Å². The third-order valence-electron chi connectivity index (χ3n) is 4.92. The van der Waals surface area contributed by atoms with Gasteiger partial charge in [-0.05, 0) is 49.2 Å². The summed E-state index contributed by atoms with van der Waals surface area (Å²) in [6.45, 7) is 3.14. The maximum absolute atomic E-state index is 12.9. The van der Waals surface area contributed by atoms with Crippen molar-refractivity contribution >= 4 is 24.1 Å². The summed E-state index contributed by atoms with van der Waals surface area (Å²) in [6, 6.07) is 9.18. The van der Waals surface area contributed by atoms with Crippen LogP contribution in [0.15, 0.2) is 58.8 Å². The molecular formula is C24H25FN4O6. The minimum atomic E-state index is -0.769. The van der Waals surface area contributed by atoms with Crippen molar-refractivity contribution in [2.75, 3.05) is 20.3 Å². The Balaban J connectivity index is 1.69. The second-order valence-electron chi connectivity index (χ2n) is 7.33. The highest BCUT2D eigenvalue weighted by Crippen LogP contribution is 2.34. The highest BCUT2D eigenvalue weighted by molar-refractivity contribution is 5.95. The number of allylic oxidation sites excluding steroid dienone is 1. The molecule has 3 N–H and O–H groups in total. The highest BCUT2D eigenvalue weighted by Gasteiger charge is 2.32. The standard InChI is InChI=1S/C24H25FN4O6/c1-4-34-23(31)21-14(2)27-24(32)28-22(21)16-7-10-18(19(11-16)33-3)35-13-20(30)29-26-12-15-5-8-17(25)9-6-15/h5-12,22H,4,13H2,1-3H3,(H,29,30)(H2,27,28,32)/b26-12-/t22-/m1/s1. The number of benzene rings is 2.